The zero-order valence-corrected chi connectivity index (χ0v) is 21.9. The van der Waals surface area contributed by atoms with E-state index in [1.54, 1.807) is 0 Å². The third-order valence-corrected chi connectivity index (χ3v) is 13.0. The maximum Gasteiger partial charge on any atom is 0.200 e. The summed E-state index contributed by atoms with van der Waals surface area (Å²) in [5.74, 6) is 0. The maximum absolute atomic E-state index is 11.0. The van der Waals surface area contributed by atoms with E-state index >= 15 is 0 Å². The number of hydrogen-bond donors (Lipinski definition) is 1. The SMILES string of the molecule is Cc1ccc(CO[Si](C(C)C)(C(C)C)C(C)C)cc1C(O)c1ccc(Br)cc1Cl. The summed E-state index contributed by atoms with van der Waals surface area (Å²) in [6.45, 7) is 16.4. The maximum atomic E-state index is 11.0. The van der Waals surface area contributed by atoms with Gasteiger partial charge in [-0.2, -0.15) is 0 Å². The summed E-state index contributed by atoms with van der Waals surface area (Å²) < 4.78 is 7.64. The summed E-state index contributed by atoms with van der Waals surface area (Å²) in [7, 11) is -1.94. The molecule has 0 amide bonds. The van der Waals surface area contributed by atoms with Gasteiger partial charge in [-0.25, -0.2) is 0 Å². The number of halogens is 2. The van der Waals surface area contributed by atoms with E-state index in [0.717, 1.165) is 21.2 Å². The number of aliphatic hydroxyl groups is 1. The minimum Gasteiger partial charge on any atom is -0.412 e. The van der Waals surface area contributed by atoms with Crippen LogP contribution < -0.4 is 0 Å². The van der Waals surface area contributed by atoms with E-state index in [4.69, 9.17) is 16.0 Å². The Kier molecular flexibility index (Phi) is 8.58. The predicted octanol–water partition coefficient (Wildman–Crippen LogP) is 8.18. The largest absolute Gasteiger partial charge is 0.412 e. The van der Waals surface area contributed by atoms with Crippen molar-refractivity contribution in [3.8, 4) is 0 Å². The molecule has 0 saturated heterocycles. The number of aliphatic hydroxyl groups excluding tert-OH is 1. The lowest BCUT2D eigenvalue weighted by molar-refractivity contribution is 0.219. The fraction of sp³-hybridized carbons (Fsp3) is 0.500. The molecule has 2 nitrogen and oxygen atoms in total. The third-order valence-electron chi connectivity index (χ3n) is 6.09. The van der Waals surface area contributed by atoms with Crippen molar-refractivity contribution in [3.63, 3.8) is 0 Å². The molecule has 0 heterocycles. The lowest BCUT2D eigenvalue weighted by atomic mass is 9.95. The second-order valence-electron chi connectivity index (χ2n) is 8.87. The van der Waals surface area contributed by atoms with Crippen LogP contribution in [0, 0.1) is 6.92 Å². The molecule has 0 bridgehead atoms. The minimum atomic E-state index is -1.94. The highest BCUT2D eigenvalue weighted by molar-refractivity contribution is 9.10. The van der Waals surface area contributed by atoms with Crippen molar-refractivity contribution in [1.82, 2.24) is 0 Å². The Morgan fingerprint density at radius 2 is 1.52 bits per heavy atom. The molecule has 0 spiro atoms. The predicted molar refractivity (Wildman–Crippen MR) is 130 cm³/mol. The van der Waals surface area contributed by atoms with E-state index in [9.17, 15) is 5.11 Å². The van der Waals surface area contributed by atoms with Gasteiger partial charge >= 0.3 is 0 Å². The van der Waals surface area contributed by atoms with E-state index in [0.29, 0.717) is 33.8 Å². The lowest BCUT2D eigenvalue weighted by Gasteiger charge is -2.42. The van der Waals surface area contributed by atoms with Crippen molar-refractivity contribution in [1.29, 1.82) is 0 Å². The van der Waals surface area contributed by atoms with Gasteiger partial charge in [-0.05, 0) is 52.4 Å². The topological polar surface area (TPSA) is 29.5 Å². The van der Waals surface area contributed by atoms with Crippen LogP contribution in [0.4, 0.5) is 0 Å². The van der Waals surface area contributed by atoms with Gasteiger partial charge in [-0.1, -0.05) is 93.3 Å². The van der Waals surface area contributed by atoms with E-state index < -0.39 is 14.4 Å². The Morgan fingerprint density at radius 3 is 2.03 bits per heavy atom. The van der Waals surface area contributed by atoms with Crippen molar-refractivity contribution in [2.75, 3.05) is 0 Å². The Morgan fingerprint density at radius 1 is 0.931 bits per heavy atom. The first-order valence-corrected chi connectivity index (χ1v) is 13.7. The zero-order valence-electron chi connectivity index (χ0n) is 18.6. The number of benzene rings is 2. The molecular formula is C24H34BrClO2Si. The summed E-state index contributed by atoms with van der Waals surface area (Å²) in [6, 6.07) is 11.8. The molecule has 5 heteroatoms. The molecule has 0 aliphatic heterocycles. The molecule has 160 valence electrons. The van der Waals surface area contributed by atoms with Gasteiger partial charge in [0.15, 0.2) is 0 Å². The number of rotatable bonds is 8. The van der Waals surface area contributed by atoms with E-state index in [1.807, 2.05) is 25.1 Å². The second kappa shape index (κ2) is 10.1. The van der Waals surface area contributed by atoms with Gasteiger partial charge in [-0.3, -0.25) is 0 Å². The normalized spacial score (nSPS) is 13.6. The van der Waals surface area contributed by atoms with Crippen molar-refractivity contribution >= 4 is 35.8 Å². The van der Waals surface area contributed by atoms with Crippen LogP contribution in [0.5, 0.6) is 0 Å². The molecular weight excluding hydrogens is 464 g/mol. The van der Waals surface area contributed by atoms with Gasteiger partial charge in [-0.15, -0.1) is 0 Å². The standard InChI is InChI=1S/C24H34BrClO2Si/c1-15(2)29(16(3)4,17(5)6)28-14-19-9-8-18(7)22(12-19)24(27)21-11-10-20(25)13-23(21)26/h8-13,15-17,24,27H,14H2,1-7H3. The van der Waals surface area contributed by atoms with Crippen molar-refractivity contribution in [3.05, 3.63) is 68.1 Å². The highest BCUT2D eigenvalue weighted by Crippen LogP contribution is 2.43. The number of aryl methyl sites for hydroxylation is 1. The van der Waals surface area contributed by atoms with Gasteiger partial charge < -0.3 is 9.53 Å². The summed E-state index contributed by atoms with van der Waals surface area (Å²) in [5.41, 5.74) is 5.35. The molecule has 1 N–H and O–H groups in total. The minimum absolute atomic E-state index is 0.541. The molecule has 1 unspecified atom stereocenters. The smallest absolute Gasteiger partial charge is 0.200 e. The van der Waals surface area contributed by atoms with Crippen molar-refractivity contribution in [2.45, 2.75) is 77.8 Å². The highest BCUT2D eigenvalue weighted by Gasteiger charge is 2.44. The summed E-state index contributed by atoms with van der Waals surface area (Å²) >= 11 is 9.81. The molecule has 0 fully saturated rings. The van der Waals surface area contributed by atoms with E-state index in [2.05, 4.69) is 75.7 Å². The Labute approximate surface area is 190 Å². The molecule has 1 atom stereocenters. The molecule has 2 aromatic carbocycles. The molecule has 2 aromatic rings. The van der Waals surface area contributed by atoms with Crippen LogP contribution >= 0.6 is 27.5 Å². The second-order valence-corrected chi connectivity index (χ2v) is 15.6. The monoisotopic (exact) mass is 496 g/mol. The van der Waals surface area contributed by atoms with Crippen LogP contribution in [-0.2, 0) is 11.0 Å². The van der Waals surface area contributed by atoms with Crippen molar-refractivity contribution in [2.24, 2.45) is 0 Å². The quantitative estimate of drug-likeness (QED) is 0.372. The number of hydrogen-bond acceptors (Lipinski definition) is 2. The zero-order chi connectivity index (χ0) is 21.9. The van der Waals surface area contributed by atoms with E-state index in [1.165, 1.54) is 0 Å². The average molecular weight is 498 g/mol. The molecule has 0 saturated carbocycles. The molecule has 2 rings (SSSR count). The van der Waals surface area contributed by atoms with Gasteiger partial charge in [0.1, 0.15) is 6.10 Å². The van der Waals surface area contributed by atoms with Crippen LogP contribution in [0.1, 0.15) is 69.9 Å². The first kappa shape index (κ1) is 24.6. The molecule has 0 aliphatic carbocycles. The van der Waals surface area contributed by atoms with Crippen LogP contribution in [0.3, 0.4) is 0 Å². The van der Waals surface area contributed by atoms with Crippen LogP contribution in [0.15, 0.2) is 40.9 Å². The van der Waals surface area contributed by atoms with Crippen molar-refractivity contribution < 1.29 is 9.53 Å². The summed E-state index contributed by atoms with van der Waals surface area (Å²) in [4.78, 5) is 0. The van der Waals surface area contributed by atoms with Crippen LogP contribution in [-0.4, -0.2) is 13.4 Å². The van der Waals surface area contributed by atoms with Gasteiger partial charge in [0.2, 0.25) is 8.32 Å². The average Bonchev–Trinajstić information content (AvgIpc) is 2.62. The summed E-state index contributed by atoms with van der Waals surface area (Å²) in [5, 5.41) is 11.6. The molecule has 29 heavy (non-hydrogen) atoms. The fourth-order valence-corrected chi connectivity index (χ4v) is 10.9. The van der Waals surface area contributed by atoms with E-state index in [-0.39, 0.29) is 0 Å². The summed E-state index contributed by atoms with van der Waals surface area (Å²) in [6.07, 6.45) is -0.766. The van der Waals surface area contributed by atoms with Gasteiger partial charge in [0.25, 0.3) is 0 Å². The first-order chi connectivity index (χ1) is 13.5. The fourth-order valence-electron chi connectivity index (χ4n) is 4.67. The lowest BCUT2D eigenvalue weighted by Crippen LogP contribution is -2.47. The third kappa shape index (κ3) is 5.34. The Balaban J connectivity index is 2.33. The Hall–Kier alpha value is -0.653. The Bertz CT molecular complexity index is 814. The van der Waals surface area contributed by atoms with Gasteiger partial charge in [0, 0.05) is 15.1 Å². The van der Waals surface area contributed by atoms with Crippen LogP contribution in [0.25, 0.3) is 0 Å². The van der Waals surface area contributed by atoms with Gasteiger partial charge in [0.05, 0.1) is 6.61 Å². The van der Waals surface area contributed by atoms with Crippen LogP contribution in [0.2, 0.25) is 21.6 Å². The first-order valence-electron chi connectivity index (χ1n) is 10.4. The molecule has 0 aromatic heterocycles. The molecule has 0 radical (unpaired) electrons. The highest BCUT2D eigenvalue weighted by atomic mass is 79.9. The molecule has 0 aliphatic rings.